The molecule has 3 aromatic carbocycles. The van der Waals surface area contributed by atoms with Gasteiger partial charge in [-0.3, -0.25) is 9.78 Å². The second-order valence-corrected chi connectivity index (χ2v) is 11.7. The Morgan fingerprint density at radius 2 is 1.61 bits per heavy atom. The molecule has 0 saturated carbocycles. The highest BCUT2D eigenvalue weighted by molar-refractivity contribution is 9.10. The number of hydrogen-bond donors (Lipinski definition) is 1. The van der Waals surface area contributed by atoms with Crippen molar-refractivity contribution in [2.45, 2.75) is 4.90 Å². The molecule has 0 aliphatic carbocycles. The van der Waals surface area contributed by atoms with E-state index in [-0.39, 0.29) is 23.9 Å². The highest BCUT2D eigenvalue weighted by atomic mass is 79.9. The van der Waals surface area contributed by atoms with E-state index in [1.54, 1.807) is 47.5 Å². The maximum absolute atomic E-state index is 13.1. The number of nitrogens with zero attached hydrogens (tertiary/aromatic N) is 3. The fourth-order valence-corrected chi connectivity index (χ4v) is 6.00. The predicted molar refractivity (Wildman–Crippen MR) is 145 cm³/mol. The van der Waals surface area contributed by atoms with E-state index in [2.05, 4.69) is 26.2 Å². The lowest BCUT2D eigenvalue weighted by Gasteiger charge is -2.34. The summed E-state index contributed by atoms with van der Waals surface area (Å²) in [5.74, 6) is -0.119. The Kier molecular flexibility index (Phi) is 6.98. The van der Waals surface area contributed by atoms with E-state index >= 15 is 0 Å². The summed E-state index contributed by atoms with van der Waals surface area (Å²) in [6, 6.07) is 21.3. The predicted octanol–water partition coefficient (Wildman–Crippen LogP) is 5.54. The molecular weight excluding hydrogens is 564 g/mol. The largest absolute Gasteiger partial charge is 0.355 e. The Labute approximate surface area is 222 Å². The Morgan fingerprint density at radius 1 is 0.917 bits per heavy atom. The van der Waals surface area contributed by atoms with Gasteiger partial charge < -0.3 is 10.2 Å². The van der Waals surface area contributed by atoms with Gasteiger partial charge in [0.25, 0.3) is 5.91 Å². The number of benzene rings is 3. The quantitative estimate of drug-likeness (QED) is 0.333. The Morgan fingerprint density at radius 3 is 2.31 bits per heavy atom. The van der Waals surface area contributed by atoms with Crippen molar-refractivity contribution >= 4 is 65.7 Å². The number of carbonyl (C=O) groups excluding carboxylic acids is 1. The van der Waals surface area contributed by atoms with E-state index in [9.17, 15) is 13.2 Å². The number of nitrogens with one attached hydrogen (secondary N) is 1. The van der Waals surface area contributed by atoms with Crippen molar-refractivity contribution < 1.29 is 13.2 Å². The summed E-state index contributed by atoms with van der Waals surface area (Å²) >= 11 is 9.40. The molecule has 1 N–H and O–H groups in total. The van der Waals surface area contributed by atoms with E-state index in [1.807, 2.05) is 36.4 Å². The number of fused-ring (bicyclic) bond motifs is 1. The van der Waals surface area contributed by atoms with Crippen molar-refractivity contribution in [2.75, 3.05) is 31.5 Å². The van der Waals surface area contributed by atoms with Crippen molar-refractivity contribution in [3.63, 3.8) is 0 Å². The number of halogens is 2. The molecule has 1 aliphatic rings. The minimum absolute atomic E-state index is 0.119. The molecule has 1 aliphatic heterocycles. The van der Waals surface area contributed by atoms with Gasteiger partial charge in [-0.1, -0.05) is 27.5 Å². The number of aromatic nitrogens is 1. The van der Waals surface area contributed by atoms with Gasteiger partial charge in [0.05, 0.1) is 10.4 Å². The summed E-state index contributed by atoms with van der Waals surface area (Å²) in [6.45, 7) is 1.17. The van der Waals surface area contributed by atoms with Crippen molar-refractivity contribution in [1.82, 2.24) is 14.2 Å². The molecule has 2 heterocycles. The third-order valence-corrected chi connectivity index (χ3v) is 8.77. The first-order valence-corrected chi connectivity index (χ1v) is 13.9. The highest BCUT2D eigenvalue weighted by Gasteiger charge is 2.30. The number of pyridine rings is 1. The van der Waals surface area contributed by atoms with Crippen LogP contribution in [0.5, 0.6) is 0 Å². The molecule has 184 valence electrons. The average molecular weight is 586 g/mol. The van der Waals surface area contributed by atoms with Gasteiger partial charge in [0.2, 0.25) is 10.0 Å². The van der Waals surface area contributed by atoms with Crippen LogP contribution in [0.1, 0.15) is 10.4 Å². The van der Waals surface area contributed by atoms with Gasteiger partial charge >= 0.3 is 0 Å². The molecule has 0 bridgehead atoms. The maximum atomic E-state index is 13.1. The average Bonchev–Trinajstić information content (AvgIpc) is 2.89. The van der Waals surface area contributed by atoms with Crippen molar-refractivity contribution in [3.8, 4) is 0 Å². The fraction of sp³-hybridized carbons (Fsp3) is 0.154. The Bertz CT molecular complexity index is 1520. The lowest BCUT2D eigenvalue weighted by molar-refractivity contribution is 0.0698. The van der Waals surface area contributed by atoms with Crippen molar-refractivity contribution in [1.29, 1.82) is 0 Å². The van der Waals surface area contributed by atoms with Crippen molar-refractivity contribution in [3.05, 3.63) is 94.1 Å². The number of amides is 1. The second kappa shape index (κ2) is 10.2. The molecule has 5 rings (SSSR count). The third kappa shape index (κ3) is 5.10. The molecule has 7 nitrogen and oxygen atoms in total. The zero-order chi connectivity index (χ0) is 25.3. The van der Waals surface area contributed by atoms with Crippen LogP contribution in [0.25, 0.3) is 10.9 Å². The van der Waals surface area contributed by atoms with Crippen LogP contribution < -0.4 is 5.32 Å². The molecule has 0 radical (unpaired) electrons. The smallest absolute Gasteiger partial charge is 0.253 e. The van der Waals surface area contributed by atoms with Crippen LogP contribution in [0.15, 0.2) is 88.4 Å². The van der Waals surface area contributed by atoms with Crippen LogP contribution in [-0.2, 0) is 10.0 Å². The van der Waals surface area contributed by atoms with Gasteiger partial charge in [-0.25, -0.2) is 8.42 Å². The lowest BCUT2D eigenvalue weighted by Crippen LogP contribution is -2.50. The summed E-state index contributed by atoms with van der Waals surface area (Å²) in [5, 5.41) is 4.94. The summed E-state index contributed by atoms with van der Waals surface area (Å²) in [7, 11) is -3.59. The van der Waals surface area contributed by atoms with E-state index in [0.717, 1.165) is 26.8 Å². The molecule has 0 spiro atoms. The minimum atomic E-state index is -3.59. The van der Waals surface area contributed by atoms with Crippen LogP contribution in [-0.4, -0.2) is 54.7 Å². The molecular formula is C26H22BrClN4O3S. The standard InChI is InChI=1S/C26H22BrClN4O3S/c27-19-3-8-22(9-4-19)36(34,35)32-15-13-31(14-16-32)26(33)18-1-6-21(7-2-18)30-24-11-12-29-25-17-20(28)5-10-23(24)25/h1-12,17H,13-16H2,(H,29,30). The van der Waals surface area contributed by atoms with E-state index in [0.29, 0.717) is 23.7 Å². The summed E-state index contributed by atoms with van der Waals surface area (Å²) in [6.07, 6.45) is 1.72. The van der Waals surface area contributed by atoms with Crippen LogP contribution in [0.4, 0.5) is 11.4 Å². The molecule has 1 amide bonds. The molecule has 36 heavy (non-hydrogen) atoms. The molecule has 0 unspecified atom stereocenters. The molecule has 1 fully saturated rings. The summed E-state index contributed by atoms with van der Waals surface area (Å²) in [5.41, 5.74) is 3.06. The van der Waals surface area contributed by atoms with Gasteiger partial charge in [0, 0.05) is 64.2 Å². The van der Waals surface area contributed by atoms with Gasteiger partial charge in [0.15, 0.2) is 0 Å². The molecule has 4 aromatic rings. The van der Waals surface area contributed by atoms with E-state index in [4.69, 9.17) is 11.6 Å². The molecule has 1 saturated heterocycles. The van der Waals surface area contributed by atoms with Gasteiger partial charge in [-0.15, -0.1) is 0 Å². The molecule has 0 atom stereocenters. The normalized spacial score (nSPS) is 14.7. The minimum Gasteiger partial charge on any atom is -0.355 e. The van der Waals surface area contributed by atoms with Crippen LogP contribution >= 0.6 is 27.5 Å². The first-order chi connectivity index (χ1) is 17.3. The zero-order valence-corrected chi connectivity index (χ0v) is 22.2. The van der Waals surface area contributed by atoms with Crippen LogP contribution in [0.3, 0.4) is 0 Å². The maximum Gasteiger partial charge on any atom is 0.253 e. The monoisotopic (exact) mass is 584 g/mol. The van der Waals surface area contributed by atoms with Gasteiger partial charge in [0.1, 0.15) is 0 Å². The van der Waals surface area contributed by atoms with Crippen LogP contribution in [0, 0.1) is 0 Å². The topological polar surface area (TPSA) is 82.6 Å². The first kappa shape index (κ1) is 24.7. The molecule has 10 heteroatoms. The number of carbonyl (C=O) groups is 1. The fourth-order valence-electron chi connectivity index (χ4n) is 4.15. The van der Waals surface area contributed by atoms with Crippen molar-refractivity contribution in [2.24, 2.45) is 0 Å². The van der Waals surface area contributed by atoms with Crippen LogP contribution in [0.2, 0.25) is 5.02 Å². The Hall–Kier alpha value is -2.98. The number of sulfonamides is 1. The zero-order valence-electron chi connectivity index (χ0n) is 19.1. The number of anilines is 2. The lowest BCUT2D eigenvalue weighted by atomic mass is 10.1. The van der Waals surface area contributed by atoms with E-state index < -0.39 is 10.0 Å². The number of hydrogen-bond acceptors (Lipinski definition) is 5. The number of rotatable bonds is 5. The summed E-state index contributed by atoms with van der Waals surface area (Å²) in [4.78, 5) is 19.3. The SMILES string of the molecule is O=C(c1ccc(Nc2ccnc3cc(Cl)ccc23)cc1)N1CCN(S(=O)(=O)c2ccc(Br)cc2)CC1. The summed E-state index contributed by atoms with van der Waals surface area (Å²) < 4.78 is 28.1. The van der Waals surface area contributed by atoms with Gasteiger partial charge in [-0.2, -0.15) is 4.31 Å². The first-order valence-electron chi connectivity index (χ1n) is 11.3. The number of piperazine rings is 1. The Balaban J connectivity index is 1.23. The third-order valence-electron chi connectivity index (χ3n) is 6.09. The highest BCUT2D eigenvalue weighted by Crippen LogP contribution is 2.27. The molecule has 1 aromatic heterocycles. The second-order valence-electron chi connectivity index (χ2n) is 8.37. The van der Waals surface area contributed by atoms with E-state index in [1.165, 1.54) is 4.31 Å². The van der Waals surface area contributed by atoms with Gasteiger partial charge in [-0.05, 0) is 72.8 Å².